The lowest BCUT2D eigenvalue weighted by atomic mass is 10.1. The Hall–Kier alpha value is -4.07. The molecule has 0 fully saturated rings. The second kappa shape index (κ2) is 8.74. The summed E-state index contributed by atoms with van der Waals surface area (Å²) in [4.78, 5) is 47.2. The van der Waals surface area contributed by atoms with E-state index in [1.54, 1.807) is 60.9 Å². The summed E-state index contributed by atoms with van der Waals surface area (Å²) in [5.74, 6) is 0.404. The predicted molar refractivity (Wildman–Crippen MR) is 116 cm³/mol. The highest BCUT2D eigenvalue weighted by atomic mass is 16.5. The number of benzene rings is 1. The van der Waals surface area contributed by atoms with Crippen LogP contribution in [0.5, 0.6) is 5.75 Å². The van der Waals surface area contributed by atoms with Crippen LogP contribution >= 0.6 is 0 Å². The molecule has 0 aliphatic rings. The molecule has 8 heteroatoms. The van der Waals surface area contributed by atoms with Crippen molar-refractivity contribution in [3.8, 4) is 5.75 Å². The van der Waals surface area contributed by atoms with Gasteiger partial charge in [0.2, 0.25) is 0 Å². The number of carbonyl (C=O) groups is 1. The maximum atomic E-state index is 13.2. The van der Waals surface area contributed by atoms with Crippen LogP contribution in [0.4, 0.5) is 0 Å². The fourth-order valence-electron chi connectivity index (χ4n) is 3.34. The van der Waals surface area contributed by atoms with Gasteiger partial charge in [0, 0.05) is 24.2 Å². The molecule has 0 unspecified atom stereocenters. The summed E-state index contributed by atoms with van der Waals surface area (Å²) in [6.45, 7) is 2.25. The van der Waals surface area contributed by atoms with E-state index in [-0.39, 0.29) is 24.4 Å². The molecule has 0 radical (unpaired) electrons. The van der Waals surface area contributed by atoms with Crippen molar-refractivity contribution in [3.05, 3.63) is 99.1 Å². The van der Waals surface area contributed by atoms with Gasteiger partial charge in [-0.3, -0.25) is 23.7 Å². The molecule has 0 amide bonds. The molecule has 0 saturated heterocycles. The summed E-state index contributed by atoms with van der Waals surface area (Å²) < 4.78 is 7.79. The highest BCUT2D eigenvalue weighted by molar-refractivity contribution is 5.96. The summed E-state index contributed by atoms with van der Waals surface area (Å²) in [6, 6.07) is 13.4. The number of Topliss-reactive ketones (excluding diaryl/α,β-unsaturated/α-hetero) is 1. The number of carbonyl (C=O) groups excluding carboxylic acids is 1. The molecule has 4 rings (SSSR count). The van der Waals surface area contributed by atoms with Crippen LogP contribution in [0.15, 0.2) is 76.7 Å². The molecule has 3 aromatic heterocycles. The third-order valence-corrected chi connectivity index (χ3v) is 4.87. The number of fused-ring (bicyclic) bond motifs is 1. The number of nitrogens with zero attached hydrogens (tertiary/aromatic N) is 4. The molecule has 0 atom stereocenters. The molecule has 156 valence electrons. The van der Waals surface area contributed by atoms with Crippen LogP contribution in [0.2, 0.25) is 0 Å². The fraction of sp³-hybridized carbons (Fsp3) is 0.174. The van der Waals surface area contributed by atoms with Gasteiger partial charge in [-0.1, -0.05) is 0 Å². The third kappa shape index (κ3) is 4.13. The SMILES string of the molecule is CCOc1ccc(C(=O)Cn2c(=O)n(Cc3ccncc3)c(=O)c3ncccc32)cc1. The minimum atomic E-state index is -0.568. The zero-order chi connectivity index (χ0) is 21.8. The van der Waals surface area contributed by atoms with Crippen LogP contribution in [-0.4, -0.2) is 31.5 Å². The van der Waals surface area contributed by atoms with Crippen molar-refractivity contribution in [1.29, 1.82) is 0 Å². The number of pyridine rings is 2. The largest absolute Gasteiger partial charge is 0.494 e. The second-order valence-electron chi connectivity index (χ2n) is 6.87. The van der Waals surface area contributed by atoms with Crippen molar-refractivity contribution in [1.82, 2.24) is 19.1 Å². The molecule has 4 aromatic rings. The number of ether oxygens (including phenoxy) is 1. The highest BCUT2D eigenvalue weighted by Crippen LogP contribution is 2.14. The van der Waals surface area contributed by atoms with Crippen LogP contribution in [0.3, 0.4) is 0 Å². The standard InChI is InChI=1S/C23H20N4O4/c1-2-31-18-7-5-17(6-8-18)20(28)15-26-19-4-3-11-25-21(19)22(29)27(23(26)30)14-16-9-12-24-13-10-16/h3-13H,2,14-15H2,1H3. The van der Waals surface area contributed by atoms with Gasteiger partial charge < -0.3 is 4.74 Å². The van der Waals surface area contributed by atoms with Crippen molar-refractivity contribution >= 4 is 16.8 Å². The van der Waals surface area contributed by atoms with Gasteiger partial charge in [-0.15, -0.1) is 0 Å². The summed E-state index contributed by atoms with van der Waals surface area (Å²) >= 11 is 0. The van der Waals surface area contributed by atoms with E-state index < -0.39 is 11.2 Å². The van der Waals surface area contributed by atoms with Gasteiger partial charge in [0.05, 0.1) is 25.2 Å². The van der Waals surface area contributed by atoms with E-state index in [2.05, 4.69) is 9.97 Å². The van der Waals surface area contributed by atoms with Gasteiger partial charge in [-0.25, -0.2) is 9.78 Å². The third-order valence-electron chi connectivity index (χ3n) is 4.87. The van der Waals surface area contributed by atoms with E-state index in [1.807, 2.05) is 6.92 Å². The zero-order valence-electron chi connectivity index (χ0n) is 16.9. The summed E-state index contributed by atoms with van der Waals surface area (Å²) in [5.41, 5.74) is 0.579. The Labute approximate surface area is 177 Å². The van der Waals surface area contributed by atoms with Crippen molar-refractivity contribution in [2.45, 2.75) is 20.0 Å². The number of rotatable bonds is 7. The molecule has 3 heterocycles. The molecule has 0 aliphatic carbocycles. The van der Waals surface area contributed by atoms with Crippen molar-refractivity contribution < 1.29 is 9.53 Å². The molecule has 0 bridgehead atoms. The Morgan fingerprint density at radius 2 is 1.71 bits per heavy atom. The van der Waals surface area contributed by atoms with Gasteiger partial charge >= 0.3 is 5.69 Å². The monoisotopic (exact) mass is 416 g/mol. The van der Waals surface area contributed by atoms with E-state index in [9.17, 15) is 14.4 Å². The molecule has 8 nitrogen and oxygen atoms in total. The van der Waals surface area contributed by atoms with Crippen molar-refractivity contribution in [3.63, 3.8) is 0 Å². The fourth-order valence-corrected chi connectivity index (χ4v) is 3.34. The van der Waals surface area contributed by atoms with Crippen LogP contribution in [-0.2, 0) is 13.1 Å². The second-order valence-corrected chi connectivity index (χ2v) is 6.87. The van der Waals surface area contributed by atoms with Crippen LogP contribution in [0.1, 0.15) is 22.8 Å². The highest BCUT2D eigenvalue weighted by Gasteiger charge is 2.17. The molecule has 0 saturated carbocycles. The summed E-state index contributed by atoms with van der Waals surface area (Å²) in [6.07, 6.45) is 4.67. The van der Waals surface area contributed by atoms with Gasteiger partial charge in [0.15, 0.2) is 11.3 Å². The van der Waals surface area contributed by atoms with Gasteiger partial charge in [0.1, 0.15) is 5.75 Å². The van der Waals surface area contributed by atoms with Crippen LogP contribution in [0.25, 0.3) is 11.0 Å². The zero-order valence-corrected chi connectivity index (χ0v) is 16.9. The summed E-state index contributed by atoms with van der Waals surface area (Å²) in [5, 5.41) is 0. The van der Waals surface area contributed by atoms with Gasteiger partial charge in [-0.05, 0) is 61.0 Å². The maximum absolute atomic E-state index is 13.2. The number of ketones is 1. The molecular formula is C23H20N4O4. The van der Waals surface area contributed by atoms with E-state index in [0.717, 1.165) is 10.1 Å². The van der Waals surface area contributed by atoms with E-state index in [1.165, 1.54) is 10.8 Å². The van der Waals surface area contributed by atoms with E-state index >= 15 is 0 Å². The number of hydrogen-bond donors (Lipinski definition) is 0. The van der Waals surface area contributed by atoms with Crippen LogP contribution < -0.4 is 16.0 Å². The number of aromatic nitrogens is 4. The Morgan fingerprint density at radius 1 is 0.968 bits per heavy atom. The smallest absolute Gasteiger partial charge is 0.332 e. The normalized spacial score (nSPS) is 10.9. The molecule has 31 heavy (non-hydrogen) atoms. The first-order chi connectivity index (χ1) is 15.1. The number of hydrogen-bond acceptors (Lipinski definition) is 6. The Bertz CT molecular complexity index is 1340. The Kier molecular flexibility index (Phi) is 5.70. The first-order valence-electron chi connectivity index (χ1n) is 9.82. The van der Waals surface area contributed by atoms with Crippen molar-refractivity contribution in [2.75, 3.05) is 6.61 Å². The summed E-state index contributed by atoms with van der Waals surface area (Å²) in [7, 11) is 0. The lowest BCUT2D eigenvalue weighted by Crippen LogP contribution is -2.41. The Balaban J connectivity index is 1.77. The van der Waals surface area contributed by atoms with Gasteiger partial charge in [0.25, 0.3) is 5.56 Å². The van der Waals surface area contributed by atoms with E-state index in [4.69, 9.17) is 4.74 Å². The molecule has 0 aliphatic heterocycles. The first-order valence-corrected chi connectivity index (χ1v) is 9.82. The molecule has 0 spiro atoms. The predicted octanol–water partition coefficient (Wildman–Crippen LogP) is 2.28. The lowest BCUT2D eigenvalue weighted by molar-refractivity contribution is 0.0971. The average Bonchev–Trinajstić information content (AvgIpc) is 2.81. The lowest BCUT2D eigenvalue weighted by Gasteiger charge is -2.13. The molecule has 0 N–H and O–H groups in total. The van der Waals surface area contributed by atoms with Crippen molar-refractivity contribution in [2.24, 2.45) is 0 Å². The maximum Gasteiger partial charge on any atom is 0.332 e. The first kappa shape index (κ1) is 20.2. The minimum absolute atomic E-state index is 0.0595. The topological polar surface area (TPSA) is 96.1 Å². The molecule has 1 aromatic carbocycles. The molecular weight excluding hydrogens is 396 g/mol. The Morgan fingerprint density at radius 3 is 2.42 bits per heavy atom. The van der Waals surface area contributed by atoms with Gasteiger partial charge in [-0.2, -0.15) is 0 Å². The quantitative estimate of drug-likeness (QED) is 0.429. The average molecular weight is 416 g/mol. The van der Waals surface area contributed by atoms with Crippen LogP contribution in [0, 0.1) is 0 Å². The minimum Gasteiger partial charge on any atom is -0.494 e. The van der Waals surface area contributed by atoms with E-state index in [0.29, 0.717) is 23.4 Å².